The summed E-state index contributed by atoms with van der Waals surface area (Å²) in [6.45, 7) is 1.88. The van der Waals surface area contributed by atoms with Crippen LogP contribution in [0.25, 0.3) is 5.76 Å². The van der Waals surface area contributed by atoms with Gasteiger partial charge in [0.1, 0.15) is 11.3 Å². The lowest BCUT2D eigenvalue weighted by molar-refractivity contribution is -0.384. The second kappa shape index (κ2) is 7.48. The van der Waals surface area contributed by atoms with Crippen molar-refractivity contribution in [3.8, 4) is 0 Å². The van der Waals surface area contributed by atoms with Crippen LogP contribution in [0.1, 0.15) is 22.7 Å². The molecule has 0 aliphatic carbocycles. The Bertz CT molecular complexity index is 1190. The standard InChI is InChI=1S/C20H14N4O5S/c1-11-5-7-12(8-6-11)17(25)15-16(13-3-2-4-14(9-13)24(28)29)23(19(27)18(15)26)20-22-21-10-30-20/h2-10,16,25H,1H3/b17-15+/t16-/m0/s1. The van der Waals surface area contributed by atoms with Gasteiger partial charge >= 0.3 is 5.91 Å². The smallest absolute Gasteiger partial charge is 0.301 e. The van der Waals surface area contributed by atoms with Crippen LogP contribution in [0, 0.1) is 17.0 Å². The highest BCUT2D eigenvalue weighted by molar-refractivity contribution is 7.13. The predicted molar refractivity (Wildman–Crippen MR) is 109 cm³/mol. The molecule has 1 atom stereocenters. The molecule has 10 heteroatoms. The third kappa shape index (κ3) is 3.22. The number of ketones is 1. The number of hydrogen-bond donors (Lipinski definition) is 1. The van der Waals surface area contributed by atoms with Crippen LogP contribution in [0.5, 0.6) is 0 Å². The maximum atomic E-state index is 12.9. The van der Waals surface area contributed by atoms with Crippen molar-refractivity contribution in [3.05, 3.63) is 86.4 Å². The van der Waals surface area contributed by atoms with Gasteiger partial charge in [0, 0.05) is 17.7 Å². The first-order chi connectivity index (χ1) is 14.4. The van der Waals surface area contributed by atoms with E-state index in [2.05, 4.69) is 10.2 Å². The third-order valence-electron chi connectivity index (χ3n) is 4.72. The summed E-state index contributed by atoms with van der Waals surface area (Å²) in [6, 6.07) is 11.3. The number of benzene rings is 2. The number of anilines is 1. The third-order valence-corrected chi connectivity index (χ3v) is 5.41. The lowest BCUT2D eigenvalue weighted by atomic mass is 9.95. The minimum atomic E-state index is -1.08. The largest absolute Gasteiger partial charge is 0.507 e. The first-order valence-corrected chi connectivity index (χ1v) is 9.65. The van der Waals surface area contributed by atoms with Crippen molar-refractivity contribution in [2.45, 2.75) is 13.0 Å². The molecule has 2 heterocycles. The van der Waals surface area contributed by atoms with Crippen molar-refractivity contribution in [1.82, 2.24) is 10.2 Å². The van der Waals surface area contributed by atoms with Gasteiger partial charge in [-0.15, -0.1) is 10.2 Å². The molecule has 0 unspecified atom stereocenters. The monoisotopic (exact) mass is 422 g/mol. The number of carbonyl (C=O) groups excluding carboxylic acids is 2. The first kappa shape index (κ1) is 19.4. The van der Waals surface area contributed by atoms with Gasteiger partial charge in [0.15, 0.2) is 0 Å². The highest BCUT2D eigenvalue weighted by atomic mass is 32.1. The van der Waals surface area contributed by atoms with E-state index in [4.69, 9.17) is 0 Å². The number of aryl methyl sites for hydroxylation is 1. The molecule has 3 aromatic rings. The van der Waals surface area contributed by atoms with E-state index in [1.54, 1.807) is 30.3 Å². The highest BCUT2D eigenvalue weighted by Crippen LogP contribution is 2.43. The number of amides is 1. The summed E-state index contributed by atoms with van der Waals surface area (Å²) in [6.07, 6.45) is 0. The molecule has 0 bridgehead atoms. The zero-order chi connectivity index (χ0) is 21.4. The van der Waals surface area contributed by atoms with E-state index >= 15 is 0 Å². The molecule has 9 nitrogen and oxygen atoms in total. The van der Waals surface area contributed by atoms with Gasteiger partial charge in [-0.3, -0.25) is 24.6 Å². The average molecular weight is 422 g/mol. The van der Waals surface area contributed by atoms with Gasteiger partial charge < -0.3 is 5.11 Å². The Morgan fingerprint density at radius 3 is 2.57 bits per heavy atom. The molecule has 0 radical (unpaired) electrons. The summed E-state index contributed by atoms with van der Waals surface area (Å²) in [7, 11) is 0. The number of nitro benzene ring substituents is 1. The average Bonchev–Trinajstić information content (AvgIpc) is 3.35. The lowest BCUT2D eigenvalue weighted by Crippen LogP contribution is -2.29. The Morgan fingerprint density at radius 1 is 1.20 bits per heavy atom. The van der Waals surface area contributed by atoms with E-state index in [-0.39, 0.29) is 22.2 Å². The summed E-state index contributed by atoms with van der Waals surface area (Å²) in [5.74, 6) is -2.16. The minimum Gasteiger partial charge on any atom is -0.507 e. The van der Waals surface area contributed by atoms with E-state index < -0.39 is 22.7 Å². The Morgan fingerprint density at radius 2 is 1.93 bits per heavy atom. The number of nitrogens with zero attached hydrogens (tertiary/aromatic N) is 4. The first-order valence-electron chi connectivity index (χ1n) is 8.77. The molecule has 0 saturated carbocycles. The van der Waals surface area contributed by atoms with Gasteiger partial charge in [-0.05, 0) is 12.5 Å². The SMILES string of the molecule is Cc1ccc(/C(O)=C2\C(=O)C(=O)N(c3nncs3)[C@H]2c2cccc([N+](=O)[O-])c2)cc1. The number of Topliss-reactive ketones (excluding diaryl/α,β-unsaturated/α-hetero) is 1. The Balaban J connectivity index is 1.95. The molecule has 4 rings (SSSR count). The molecule has 1 aliphatic heterocycles. The second-order valence-corrected chi connectivity index (χ2v) is 7.42. The molecule has 1 aliphatic rings. The summed E-state index contributed by atoms with van der Waals surface area (Å²) in [4.78, 5) is 37.5. The maximum Gasteiger partial charge on any atom is 0.301 e. The molecule has 30 heavy (non-hydrogen) atoms. The van der Waals surface area contributed by atoms with E-state index in [0.29, 0.717) is 11.1 Å². The molecule has 1 aromatic heterocycles. The van der Waals surface area contributed by atoms with E-state index in [9.17, 15) is 24.8 Å². The number of aliphatic hydroxyl groups excluding tert-OH is 1. The normalized spacial score (nSPS) is 18.0. The van der Waals surface area contributed by atoms with E-state index in [1.165, 1.54) is 23.7 Å². The quantitative estimate of drug-likeness (QED) is 0.224. The van der Waals surface area contributed by atoms with Crippen LogP contribution >= 0.6 is 11.3 Å². The topological polar surface area (TPSA) is 127 Å². The minimum absolute atomic E-state index is 0.150. The highest BCUT2D eigenvalue weighted by Gasteiger charge is 2.48. The lowest BCUT2D eigenvalue weighted by Gasteiger charge is -2.22. The van der Waals surface area contributed by atoms with Crippen LogP contribution in [0.15, 0.2) is 59.6 Å². The van der Waals surface area contributed by atoms with Crippen LogP contribution in [-0.2, 0) is 9.59 Å². The maximum absolute atomic E-state index is 12.9. The fourth-order valence-electron chi connectivity index (χ4n) is 3.29. The molecule has 0 spiro atoms. The van der Waals surface area contributed by atoms with Crippen LogP contribution in [0.2, 0.25) is 0 Å². The Kier molecular flexibility index (Phi) is 4.84. The number of hydrogen-bond acceptors (Lipinski definition) is 8. The molecule has 1 saturated heterocycles. The Labute approximate surface area is 174 Å². The molecule has 150 valence electrons. The fourth-order valence-corrected chi connectivity index (χ4v) is 3.88. The number of rotatable bonds is 4. The van der Waals surface area contributed by atoms with E-state index in [1.807, 2.05) is 6.92 Å². The van der Waals surface area contributed by atoms with Crippen molar-refractivity contribution in [2.24, 2.45) is 0 Å². The van der Waals surface area contributed by atoms with Crippen molar-refractivity contribution in [1.29, 1.82) is 0 Å². The van der Waals surface area contributed by atoms with Gasteiger partial charge in [0.05, 0.1) is 16.5 Å². The summed E-state index contributed by atoms with van der Waals surface area (Å²) >= 11 is 1.04. The molecular formula is C20H14N4O5S. The fraction of sp³-hybridized carbons (Fsp3) is 0.100. The number of aromatic nitrogens is 2. The van der Waals surface area contributed by atoms with Crippen LogP contribution in [-0.4, -0.2) is 31.9 Å². The molecule has 1 fully saturated rings. The van der Waals surface area contributed by atoms with Crippen LogP contribution in [0.4, 0.5) is 10.8 Å². The van der Waals surface area contributed by atoms with Crippen LogP contribution < -0.4 is 4.90 Å². The Hall–Kier alpha value is -3.92. The molecule has 1 amide bonds. The second-order valence-electron chi connectivity index (χ2n) is 6.61. The van der Waals surface area contributed by atoms with Gasteiger partial charge in [-0.2, -0.15) is 0 Å². The van der Waals surface area contributed by atoms with Crippen molar-refractivity contribution < 1.29 is 19.6 Å². The van der Waals surface area contributed by atoms with Gasteiger partial charge in [0.25, 0.3) is 11.5 Å². The molecular weight excluding hydrogens is 408 g/mol. The summed E-state index contributed by atoms with van der Waals surface area (Å²) < 4.78 is 0. The van der Waals surface area contributed by atoms with Crippen molar-refractivity contribution >= 4 is 39.6 Å². The summed E-state index contributed by atoms with van der Waals surface area (Å²) in [5, 5.41) is 29.9. The van der Waals surface area contributed by atoms with Gasteiger partial charge in [0.2, 0.25) is 5.13 Å². The van der Waals surface area contributed by atoms with E-state index in [0.717, 1.165) is 21.8 Å². The van der Waals surface area contributed by atoms with Crippen molar-refractivity contribution in [2.75, 3.05) is 4.90 Å². The number of non-ortho nitro benzene ring substituents is 1. The summed E-state index contributed by atoms with van der Waals surface area (Å²) in [5.41, 5.74) is 2.64. The zero-order valence-electron chi connectivity index (χ0n) is 15.6. The predicted octanol–water partition coefficient (Wildman–Crippen LogP) is 3.38. The van der Waals surface area contributed by atoms with Crippen molar-refractivity contribution in [3.63, 3.8) is 0 Å². The molecule has 2 aromatic carbocycles. The van der Waals surface area contributed by atoms with Crippen LogP contribution in [0.3, 0.4) is 0 Å². The number of aliphatic hydroxyl groups is 1. The van der Waals surface area contributed by atoms with Gasteiger partial charge in [-0.25, -0.2) is 0 Å². The molecule has 1 N–H and O–H groups in total. The number of nitro groups is 1. The number of carbonyl (C=O) groups is 2. The zero-order valence-corrected chi connectivity index (χ0v) is 16.4. The van der Waals surface area contributed by atoms with Gasteiger partial charge in [-0.1, -0.05) is 53.3 Å².